The third-order valence-electron chi connectivity index (χ3n) is 7.17. The lowest BCUT2D eigenvalue weighted by molar-refractivity contribution is -0.105. The van der Waals surface area contributed by atoms with E-state index < -0.39 is 12.1 Å². The number of carbonyl (C=O) groups excluding carboxylic acids is 2. The molecule has 39 heavy (non-hydrogen) atoms. The van der Waals surface area contributed by atoms with E-state index in [4.69, 9.17) is 14.2 Å². The number of rotatable bonds is 4. The largest absolute Gasteiger partial charge is 0.454 e. The first-order chi connectivity index (χ1) is 18.9. The summed E-state index contributed by atoms with van der Waals surface area (Å²) < 4.78 is 17.4. The lowest BCUT2D eigenvalue weighted by Gasteiger charge is -2.20. The van der Waals surface area contributed by atoms with Crippen molar-refractivity contribution >= 4 is 39.5 Å². The number of esters is 1. The summed E-state index contributed by atoms with van der Waals surface area (Å²) in [6.07, 6.45) is 9.61. The first-order valence-corrected chi connectivity index (χ1v) is 13.0. The molecule has 0 fully saturated rings. The quantitative estimate of drug-likeness (QED) is 0.125. The van der Waals surface area contributed by atoms with Gasteiger partial charge in [0.15, 0.2) is 11.5 Å². The molecule has 2 aliphatic rings. The fourth-order valence-electron chi connectivity index (χ4n) is 5.24. The number of benzene rings is 3. The summed E-state index contributed by atoms with van der Waals surface area (Å²) in [6, 6.07) is 10.5. The molecule has 0 amide bonds. The summed E-state index contributed by atoms with van der Waals surface area (Å²) in [4.78, 5) is 25.7. The highest BCUT2D eigenvalue weighted by Gasteiger charge is 2.29. The van der Waals surface area contributed by atoms with Crippen molar-refractivity contribution in [1.29, 1.82) is 0 Å². The van der Waals surface area contributed by atoms with Crippen molar-refractivity contribution in [3.63, 3.8) is 0 Å². The number of anilines is 1. The van der Waals surface area contributed by atoms with Crippen molar-refractivity contribution in [3.05, 3.63) is 76.9 Å². The van der Waals surface area contributed by atoms with Crippen molar-refractivity contribution in [3.8, 4) is 11.5 Å². The molecule has 8 heteroatoms. The molecule has 0 bridgehead atoms. The number of hydrogen-bond donors (Lipinski definition) is 2. The Balaban J connectivity index is 1.62. The lowest BCUT2D eigenvalue weighted by Crippen LogP contribution is -2.19. The highest BCUT2D eigenvalue weighted by Crippen LogP contribution is 2.47. The zero-order valence-corrected chi connectivity index (χ0v) is 22.0. The molecule has 0 saturated heterocycles. The third kappa shape index (κ3) is 5.53. The molecule has 1 atom stereocenters. The average Bonchev–Trinajstić information content (AvgIpc) is 3.39. The van der Waals surface area contributed by atoms with Crippen LogP contribution in [0.4, 0.5) is 5.69 Å². The fourth-order valence-corrected chi connectivity index (χ4v) is 5.24. The van der Waals surface area contributed by atoms with Gasteiger partial charge in [-0.25, -0.2) is 4.79 Å². The van der Waals surface area contributed by atoms with Crippen molar-refractivity contribution < 1.29 is 34.2 Å². The molecule has 2 N–H and O–H groups in total. The number of nitrogens with zero attached hydrogens (tertiary/aromatic N) is 1. The van der Waals surface area contributed by atoms with Gasteiger partial charge in [0.2, 0.25) is 6.79 Å². The molecule has 3 aromatic rings. The van der Waals surface area contributed by atoms with Crippen LogP contribution in [0.15, 0.2) is 71.3 Å². The van der Waals surface area contributed by atoms with Gasteiger partial charge in [-0.15, -0.1) is 5.23 Å². The molecule has 0 spiro atoms. The molecule has 0 saturated carbocycles. The second-order valence-electron chi connectivity index (χ2n) is 10.00. The summed E-state index contributed by atoms with van der Waals surface area (Å²) >= 11 is 0. The van der Waals surface area contributed by atoms with Crippen LogP contribution in [-0.4, -0.2) is 35.6 Å². The van der Waals surface area contributed by atoms with E-state index in [1.807, 2.05) is 31.2 Å². The smallest absolute Gasteiger partial charge is 0.339 e. The topological polar surface area (TPSA) is 106 Å². The summed E-state index contributed by atoms with van der Waals surface area (Å²) in [5, 5.41) is 22.6. The van der Waals surface area contributed by atoms with E-state index in [0.29, 0.717) is 35.3 Å². The van der Waals surface area contributed by atoms with E-state index in [1.54, 1.807) is 12.1 Å². The predicted octanol–water partition coefficient (Wildman–Crippen LogP) is 6.81. The monoisotopic (exact) mass is 529 g/mol. The Hall–Kier alpha value is -4.14. The SMILES string of the molecule is C/C1=C/CCC(C=O)=C[C@H](OC(=O)c2cc3c(c4c2c(N(O)O)cc2ccccc24)OCO3)C/C(C)=C\CC1. The molecular weight excluding hydrogens is 498 g/mol. The zero-order chi connectivity index (χ0) is 27.5. The molecule has 1 aliphatic carbocycles. The van der Waals surface area contributed by atoms with Crippen LogP contribution in [0.1, 0.15) is 56.3 Å². The average molecular weight is 530 g/mol. The van der Waals surface area contributed by atoms with Gasteiger partial charge in [0, 0.05) is 17.2 Å². The van der Waals surface area contributed by atoms with E-state index >= 15 is 0 Å². The zero-order valence-electron chi connectivity index (χ0n) is 22.0. The normalized spacial score (nSPS) is 20.6. The van der Waals surface area contributed by atoms with Gasteiger partial charge >= 0.3 is 5.97 Å². The van der Waals surface area contributed by atoms with Gasteiger partial charge in [-0.1, -0.05) is 47.6 Å². The summed E-state index contributed by atoms with van der Waals surface area (Å²) in [6.45, 7) is 4.04. The van der Waals surface area contributed by atoms with Gasteiger partial charge in [-0.05, 0) is 74.1 Å². The number of hydrogen-bond acceptors (Lipinski definition) is 8. The second kappa shape index (κ2) is 11.3. The Kier molecular flexibility index (Phi) is 7.67. The molecular formula is C31H31NO7. The molecule has 1 aliphatic heterocycles. The Morgan fingerprint density at radius 3 is 2.59 bits per heavy atom. The summed E-state index contributed by atoms with van der Waals surface area (Å²) in [7, 11) is 0. The Labute approximate surface area is 226 Å². The minimum absolute atomic E-state index is 0.00347. The minimum atomic E-state index is -0.692. The van der Waals surface area contributed by atoms with Crippen molar-refractivity contribution in [2.45, 2.75) is 52.1 Å². The molecule has 5 rings (SSSR count). The van der Waals surface area contributed by atoms with Gasteiger partial charge < -0.3 is 14.2 Å². The van der Waals surface area contributed by atoms with Crippen LogP contribution in [0, 0.1) is 0 Å². The maximum Gasteiger partial charge on any atom is 0.339 e. The fraction of sp³-hybridized carbons (Fsp3) is 0.290. The van der Waals surface area contributed by atoms with Gasteiger partial charge in [-0.2, -0.15) is 0 Å². The number of aldehydes is 1. The molecule has 0 radical (unpaired) electrons. The van der Waals surface area contributed by atoms with Crippen molar-refractivity contribution in [2.24, 2.45) is 0 Å². The third-order valence-corrected chi connectivity index (χ3v) is 7.17. The van der Waals surface area contributed by atoms with Gasteiger partial charge in [0.25, 0.3) is 0 Å². The van der Waals surface area contributed by atoms with Crippen molar-refractivity contribution in [1.82, 2.24) is 0 Å². The van der Waals surface area contributed by atoms with E-state index in [2.05, 4.69) is 19.1 Å². The maximum atomic E-state index is 13.8. The van der Waals surface area contributed by atoms with Crippen LogP contribution in [0.5, 0.6) is 11.5 Å². The van der Waals surface area contributed by atoms with E-state index in [1.165, 1.54) is 11.6 Å². The number of allylic oxidation sites excluding steroid dienone is 4. The van der Waals surface area contributed by atoms with Gasteiger partial charge in [0.1, 0.15) is 18.1 Å². The second-order valence-corrected chi connectivity index (χ2v) is 10.00. The van der Waals surface area contributed by atoms with Crippen LogP contribution < -0.4 is 14.7 Å². The van der Waals surface area contributed by atoms with Crippen LogP contribution in [0.2, 0.25) is 0 Å². The molecule has 1 heterocycles. The number of fused-ring (bicyclic) bond motifs is 5. The van der Waals surface area contributed by atoms with E-state index in [0.717, 1.165) is 41.9 Å². The van der Waals surface area contributed by atoms with E-state index in [9.17, 15) is 20.0 Å². The predicted molar refractivity (Wildman–Crippen MR) is 148 cm³/mol. The Morgan fingerprint density at radius 2 is 1.79 bits per heavy atom. The Bertz CT molecular complexity index is 1530. The van der Waals surface area contributed by atoms with Crippen LogP contribution >= 0.6 is 0 Å². The maximum absolute atomic E-state index is 13.8. The minimum Gasteiger partial charge on any atom is -0.454 e. The van der Waals surface area contributed by atoms with Crippen LogP contribution in [-0.2, 0) is 9.53 Å². The first kappa shape index (κ1) is 26.5. The molecule has 0 unspecified atom stereocenters. The standard InChI is InChI=1S/C31H31NO7/c1-19-7-5-9-20(2)13-23(14-21(17-33)10-6-8-19)39-31(34)25-16-27-30(38-18-37-27)29-24-12-4-3-11-22(24)15-26(28(25)29)32(35)36/h3-4,8-9,11-12,14-17,23,35-36H,5-7,10,13,18H2,1-2H3/b19-8-,20-9-,21-14?/t23-/m1/s1. The Morgan fingerprint density at radius 1 is 1.03 bits per heavy atom. The molecule has 0 aromatic heterocycles. The first-order valence-electron chi connectivity index (χ1n) is 13.0. The highest BCUT2D eigenvalue weighted by molar-refractivity contribution is 6.22. The van der Waals surface area contributed by atoms with E-state index in [-0.39, 0.29) is 28.7 Å². The molecule has 3 aromatic carbocycles. The number of carbonyl (C=O) groups is 2. The summed E-state index contributed by atoms with van der Waals surface area (Å²) in [5.41, 5.74) is 2.98. The van der Waals surface area contributed by atoms with Crippen LogP contribution in [0.3, 0.4) is 0 Å². The van der Waals surface area contributed by atoms with Crippen LogP contribution in [0.25, 0.3) is 21.5 Å². The van der Waals surface area contributed by atoms with Gasteiger partial charge in [0.05, 0.1) is 5.56 Å². The molecule has 202 valence electrons. The summed E-state index contributed by atoms with van der Waals surface area (Å²) in [5.74, 6) is 0.0942. The lowest BCUT2D eigenvalue weighted by atomic mass is 9.95. The highest BCUT2D eigenvalue weighted by atomic mass is 16.8. The van der Waals surface area contributed by atoms with Crippen molar-refractivity contribution in [2.75, 3.05) is 12.0 Å². The van der Waals surface area contributed by atoms with Gasteiger partial charge in [-0.3, -0.25) is 15.2 Å². The number of ether oxygens (including phenoxy) is 3. The molecule has 8 nitrogen and oxygen atoms in total.